The van der Waals surface area contributed by atoms with E-state index in [1.165, 1.54) is 19.2 Å². The third-order valence-electron chi connectivity index (χ3n) is 4.48. The monoisotopic (exact) mass is 456 g/mol. The van der Waals surface area contributed by atoms with Crippen LogP contribution in [0, 0.1) is 0 Å². The van der Waals surface area contributed by atoms with E-state index >= 15 is 0 Å². The molecule has 0 saturated heterocycles. The Hall–Kier alpha value is -3.59. The topological polar surface area (TPSA) is 73.6 Å². The summed E-state index contributed by atoms with van der Waals surface area (Å²) in [5.41, 5.74) is 2.86. The first-order valence-corrected chi connectivity index (χ1v) is 10.5. The number of oxazole rings is 1. The average molecular weight is 456 g/mol. The number of ether oxygens (including phenoxy) is 2. The van der Waals surface area contributed by atoms with Crippen LogP contribution in [0.25, 0.3) is 22.2 Å². The van der Waals surface area contributed by atoms with Crippen LogP contribution in [0.5, 0.6) is 11.5 Å². The maximum Gasteiger partial charge on any atom is 0.387 e. The summed E-state index contributed by atoms with van der Waals surface area (Å²) in [6.45, 7) is -2.97. The second-order valence-electron chi connectivity index (χ2n) is 6.60. The normalized spacial score (nSPS) is 11.0. The summed E-state index contributed by atoms with van der Waals surface area (Å²) in [7, 11) is 1.54. The van der Waals surface area contributed by atoms with Crippen LogP contribution in [-0.4, -0.2) is 30.4 Å². The second-order valence-corrected chi connectivity index (χ2v) is 7.53. The number of rotatable bonds is 8. The molecule has 9 heteroatoms. The van der Waals surface area contributed by atoms with Gasteiger partial charge in [-0.05, 0) is 48.0 Å². The molecule has 3 aromatic carbocycles. The van der Waals surface area contributed by atoms with E-state index in [2.05, 4.69) is 15.0 Å². The minimum atomic E-state index is -2.97. The van der Waals surface area contributed by atoms with E-state index in [0.29, 0.717) is 38.9 Å². The smallest absolute Gasteiger partial charge is 0.387 e. The first kappa shape index (κ1) is 21.6. The summed E-state index contributed by atoms with van der Waals surface area (Å²) < 4.78 is 41.1. The number of anilines is 1. The highest BCUT2D eigenvalue weighted by Gasteiger charge is 2.14. The number of nitrogens with zero attached hydrogens (tertiary/aromatic N) is 1. The molecule has 0 saturated carbocycles. The quantitative estimate of drug-likeness (QED) is 0.336. The number of alkyl halides is 2. The number of halogens is 2. The van der Waals surface area contributed by atoms with Gasteiger partial charge in [0.05, 0.1) is 12.9 Å². The van der Waals surface area contributed by atoms with Crippen LogP contribution in [0.3, 0.4) is 0 Å². The van der Waals surface area contributed by atoms with E-state index in [1.54, 1.807) is 36.4 Å². The van der Waals surface area contributed by atoms with Gasteiger partial charge < -0.3 is 19.2 Å². The number of carbonyl (C=O) groups is 1. The number of nitrogens with one attached hydrogen (secondary N) is 1. The Kier molecular flexibility index (Phi) is 6.55. The number of fused-ring (bicyclic) bond motifs is 1. The lowest BCUT2D eigenvalue weighted by Gasteiger charge is -2.14. The summed E-state index contributed by atoms with van der Waals surface area (Å²) in [5, 5.41) is 3.15. The molecular formula is C23H18F2N2O4S. The molecule has 0 aliphatic rings. The van der Waals surface area contributed by atoms with E-state index in [-0.39, 0.29) is 17.4 Å². The standard InChI is InChI=1S/C23H18F2N2O4S/c1-29-16-9-6-14(7-10-16)17-12-15(8-11-19(17)30-22(24)25)26-21(28)13-32-23-27-18-4-2-3-5-20(18)31-23/h2-12,22H,13H2,1H3,(H,26,28). The van der Waals surface area contributed by atoms with E-state index in [4.69, 9.17) is 9.15 Å². The van der Waals surface area contributed by atoms with E-state index < -0.39 is 6.61 Å². The Balaban J connectivity index is 1.48. The van der Waals surface area contributed by atoms with Gasteiger partial charge in [-0.2, -0.15) is 8.78 Å². The number of methoxy groups -OCH3 is 1. The number of carbonyl (C=O) groups excluding carboxylic acids is 1. The van der Waals surface area contributed by atoms with Crippen LogP contribution < -0.4 is 14.8 Å². The maximum atomic E-state index is 12.9. The molecule has 1 N–H and O–H groups in total. The van der Waals surface area contributed by atoms with E-state index in [9.17, 15) is 13.6 Å². The molecular weight excluding hydrogens is 438 g/mol. The fourth-order valence-electron chi connectivity index (χ4n) is 3.04. The molecule has 0 fully saturated rings. The summed E-state index contributed by atoms with van der Waals surface area (Å²) in [5.74, 6) is 0.412. The lowest BCUT2D eigenvalue weighted by atomic mass is 10.0. The van der Waals surface area contributed by atoms with Crippen molar-refractivity contribution in [1.29, 1.82) is 0 Å². The molecule has 32 heavy (non-hydrogen) atoms. The number of hydrogen-bond acceptors (Lipinski definition) is 6. The highest BCUT2D eigenvalue weighted by molar-refractivity contribution is 7.99. The van der Waals surface area contributed by atoms with Gasteiger partial charge in [0, 0.05) is 11.3 Å². The van der Waals surface area contributed by atoms with Crippen molar-refractivity contribution in [3.8, 4) is 22.6 Å². The fraction of sp³-hybridized carbons (Fsp3) is 0.130. The minimum Gasteiger partial charge on any atom is -0.497 e. The Morgan fingerprint density at radius 1 is 1.12 bits per heavy atom. The summed E-state index contributed by atoms with van der Waals surface area (Å²) in [6.07, 6.45) is 0. The van der Waals surface area contributed by atoms with Crippen LogP contribution in [0.15, 0.2) is 76.4 Å². The van der Waals surface area contributed by atoms with Gasteiger partial charge in [-0.3, -0.25) is 4.79 Å². The van der Waals surface area contributed by atoms with Crippen molar-refractivity contribution in [3.05, 3.63) is 66.7 Å². The highest BCUT2D eigenvalue weighted by atomic mass is 32.2. The molecule has 0 aliphatic heterocycles. The molecule has 0 aliphatic carbocycles. The Morgan fingerprint density at radius 3 is 2.62 bits per heavy atom. The zero-order valence-electron chi connectivity index (χ0n) is 16.9. The van der Waals surface area contributed by atoms with E-state index in [1.807, 2.05) is 18.2 Å². The molecule has 0 bridgehead atoms. The summed E-state index contributed by atoms with van der Waals surface area (Å²) in [6, 6.07) is 18.7. The molecule has 1 aromatic heterocycles. The molecule has 6 nitrogen and oxygen atoms in total. The van der Waals surface area contributed by atoms with Gasteiger partial charge in [0.15, 0.2) is 5.58 Å². The molecule has 0 spiro atoms. The highest BCUT2D eigenvalue weighted by Crippen LogP contribution is 2.35. The molecule has 4 aromatic rings. The van der Waals surface area contributed by atoms with Gasteiger partial charge in [-0.15, -0.1) is 0 Å². The molecule has 1 amide bonds. The third kappa shape index (κ3) is 5.17. The zero-order valence-corrected chi connectivity index (χ0v) is 17.7. The lowest BCUT2D eigenvalue weighted by molar-refractivity contribution is -0.113. The van der Waals surface area contributed by atoms with Gasteiger partial charge in [0.25, 0.3) is 5.22 Å². The molecule has 0 radical (unpaired) electrons. The number of para-hydroxylation sites is 2. The van der Waals surface area contributed by atoms with Crippen molar-refractivity contribution in [2.24, 2.45) is 0 Å². The van der Waals surface area contributed by atoms with Crippen LogP contribution in [0.4, 0.5) is 14.5 Å². The zero-order chi connectivity index (χ0) is 22.5. The number of aromatic nitrogens is 1. The first-order valence-electron chi connectivity index (χ1n) is 9.53. The Bertz CT molecular complexity index is 1200. The number of hydrogen-bond donors (Lipinski definition) is 1. The van der Waals surface area contributed by atoms with Gasteiger partial charge in [-0.25, -0.2) is 4.98 Å². The van der Waals surface area contributed by atoms with Gasteiger partial charge in [0.2, 0.25) is 5.91 Å². The number of thioether (sulfide) groups is 1. The minimum absolute atomic E-state index is 0.00372. The number of benzene rings is 3. The fourth-order valence-corrected chi connectivity index (χ4v) is 3.68. The van der Waals surface area contributed by atoms with Crippen LogP contribution >= 0.6 is 11.8 Å². The van der Waals surface area contributed by atoms with Crippen molar-refractivity contribution >= 4 is 34.5 Å². The van der Waals surface area contributed by atoms with Crippen LogP contribution in [0.2, 0.25) is 0 Å². The van der Waals surface area contributed by atoms with Crippen molar-refractivity contribution in [2.75, 3.05) is 18.2 Å². The van der Waals surface area contributed by atoms with Crippen molar-refractivity contribution < 1.29 is 27.5 Å². The molecule has 4 rings (SSSR count). The Labute approximate surface area is 186 Å². The van der Waals surface area contributed by atoms with E-state index in [0.717, 1.165) is 11.8 Å². The largest absolute Gasteiger partial charge is 0.497 e. The van der Waals surface area contributed by atoms with Crippen LogP contribution in [-0.2, 0) is 4.79 Å². The third-order valence-corrected chi connectivity index (χ3v) is 5.31. The molecule has 1 heterocycles. The number of amides is 1. The first-order chi connectivity index (χ1) is 15.5. The van der Waals surface area contributed by atoms with Gasteiger partial charge in [-0.1, -0.05) is 36.0 Å². The summed E-state index contributed by atoms with van der Waals surface area (Å²) >= 11 is 1.16. The van der Waals surface area contributed by atoms with Crippen molar-refractivity contribution in [3.63, 3.8) is 0 Å². The maximum absolute atomic E-state index is 12.9. The van der Waals surface area contributed by atoms with Crippen molar-refractivity contribution in [1.82, 2.24) is 4.98 Å². The lowest BCUT2D eigenvalue weighted by Crippen LogP contribution is -2.14. The average Bonchev–Trinajstić information content (AvgIpc) is 3.22. The second kappa shape index (κ2) is 9.69. The Morgan fingerprint density at radius 2 is 1.91 bits per heavy atom. The van der Waals surface area contributed by atoms with Crippen molar-refractivity contribution in [2.45, 2.75) is 11.8 Å². The summed E-state index contributed by atoms with van der Waals surface area (Å²) in [4.78, 5) is 16.7. The SMILES string of the molecule is COc1ccc(-c2cc(NC(=O)CSc3nc4ccccc4o3)ccc2OC(F)F)cc1. The predicted molar refractivity (Wildman–Crippen MR) is 118 cm³/mol. The molecule has 0 unspecified atom stereocenters. The van der Waals surface area contributed by atoms with Gasteiger partial charge in [0.1, 0.15) is 17.0 Å². The molecule has 0 atom stereocenters. The van der Waals surface area contributed by atoms with Gasteiger partial charge >= 0.3 is 6.61 Å². The molecule has 164 valence electrons. The van der Waals surface area contributed by atoms with Crippen LogP contribution in [0.1, 0.15) is 0 Å². The predicted octanol–water partition coefficient (Wildman–Crippen LogP) is 5.84.